The Morgan fingerprint density at radius 1 is 1.41 bits per heavy atom. The number of carbonyl (C=O) groups is 1. The molecular formula is C14H18N6O2. The van der Waals surface area contributed by atoms with Gasteiger partial charge >= 0.3 is 6.09 Å². The minimum Gasteiger partial charge on any atom is -0.465 e. The number of anilines is 1. The molecule has 2 aromatic heterocycles. The molecule has 22 heavy (non-hydrogen) atoms. The van der Waals surface area contributed by atoms with Gasteiger partial charge in [-0.05, 0) is 25.0 Å². The van der Waals surface area contributed by atoms with Gasteiger partial charge < -0.3 is 15.3 Å². The average Bonchev–Trinajstić information content (AvgIpc) is 2.94. The average molecular weight is 302 g/mol. The number of nitrogens with one attached hydrogen (secondary N) is 1. The smallest absolute Gasteiger partial charge is 0.407 e. The van der Waals surface area contributed by atoms with E-state index < -0.39 is 6.09 Å². The first-order chi connectivity index (χ1) is 10.6. The van der Waals surface area contributed by atoms with E-state index in [1.807, 2.05) is 19.2 Å². The second kappa shape index (κ2) is 6.00. The molecule has 0 aliphatic carbocycles. The minimum absolute atomic E-state index is 0.0339. The van der Waals surface area contributed by atoms with Crippen LogP contribution < -0.4 is 5.32 Å². The van der Waals surface area contributed by atoms with Gasteiger partial charge in [0, 0.05) is 38.6 Å². The molecule has 0 aromatic carbocycles. The van der Waals surface area contributed by atoms with E-state index in [2.05, 4.69) is 20.4 Å². The number of nitrogens with zero attached hydrogens (tertiary/aromatic N) is 5. The van der Waals surface area contributed by atoms with Gasteiger partial charge in [0.05, 0.1) is 11.4 Å². The minimum atomic E-state index is -0.879. The van der Waals surface area contributed by atoms with Crippen LogP contribution in [0.15, 0.2) is 24.5 Å². The van der Waals surface area contributed by atoms with Crippen molar-refractivity contribution in [3.8, 4) is 11.4 Å². The van der Waals surface area contributed by atoms with Gasteiger partial charge in [-0.25, -0.2) is 14.8 Å². The summed E-state index contributed by atoms with van der Waals surface area (Å²) in [5.41, 5.74) is 1.68. The molecule has 0 spiro atoms. The molecule has 1 amide bonds. The van der Waals surface area contributed by atoms with E-state index >= 15 is 0 Å². The first kappa shape index (κ1) is 14.3. The van der Waals surface area contributed by atoms with Gasteiger partial charge in [-0.1, -0.05) is 0 Å². The molecule has 1 aliphatic heterocycles. The lowest BCUT2D eigenvalue weighted by atomic mass is 10.1. The zero-order valence-electron chi connectivity index (χ0n) is 12.3. The zero-order chi connectivity index (χ0) is 15.5. The Kier molecular flexibility index (Phi) is 3.90. The lowest BCUT2D eigenvalue weighted by Crippen LogP contribution is -2.44. The summed E-state index contributed by atoms with van der Waals surface area (Å²) < 4.78 is 1.75. The summed E-state index contributed by atoms with van der Waals surface area (Å²) in [6.07, 6.45) is 4.27. The van der Waals surface area contributed by atoms with Crippen LogP contribution in [0.3, 0.4) is 0 Å². The molecule has 3 rings (SSSR count). The normalized spacial score (nSPS) is 18.2. The second-order valence-electron chi connectivity index (χ2n) is 5.32. The Morgan fingerprint density at radius 2 is 2.27 bits per heavy atom. The maximum absolute atomic E-state index is 11.1. The molecule has 2 aromatic rings. The Bertz CT molecular complexity index is 671. The maximum atomic E-state index is 11.1. The topological polar surface area (TPSA) is 96.2 Å². The van der Waals surface area contributed by atoms with E-state index in [1.165, 1.54) is 4.90 Å². The van der Waals surface area contributed by atoms with Crippen LogP contribution >= 0.6 is 0 Å². The Balaban J connectivity index is 1.73. The van der Waals surface area contributed by atoms with Crippen molar-refractivity contribution in [1.29, 1.82) is 0 Å². The highest BCUT2D eigenvalue weighted by molar-refractivity contribution is 5.65. The molecule has 0 unspecified atom stereocenters. The predicted molar refractivity (Wildman–Crippen MR) is 80.5 cm³/mol. The summed E-state index contributed by atoms with van der Waals surface area (Å²) >= 11 is 0. The molecule has 1 aliphatic rings. The van der Waals surface area contributed by atoms with Crippen LogP contribution in [0.25, 0.3) is 11.4 Å². The fourth-order valence-corrected chi connectivity index (χ4v) is 2.65. The third-order valence-corrected chi connectivity index (χ3v) is 3.76. The molecule has 1 atom stereocenters. The predicted octanol–water partition coefficient (Wildman–Crippen LogP) is 1.43. The molecule has 0 bridgehead atoms. The molecule has 1 fully saturated rings. The van der Waals surface area contributed by atoms with Crippen molar-refractivity contribution < 1.29 is 9.90 Å². The van der Waals surface area contributed by atoms with Crippen LogP contribution in [-0.4, -0.2) is 55.0 Å². The molecule has 0 radical (unpaired) electrons. The molecule has 8 heteroatoms. The van der Waals surface area contributed by atoms with E-state index in [0.29, 0.717) is 19.0 Å². The SMILES string of the molecule is Cn1nccc1-c1ccnc(N[C@@H]2CCCN(C(=O)O)C2)n1. The maximum Gasteiger partial charge on any atom is 0.407 e. The Morgan fingerprint density at radius 3 is 3.00 bits per heavy atom. The number of aryl methyl sites for hydroxylation is 1. The van der Waals surface area contributed by atoms with Crippen LogP contribution in [0.4, 0.5) is 10.7 Å². The molecule has 2 N–H and O–H groups in total. The van der Waals surface area contributed by atoms with Gasteiger partial charge in [-0.15, -0.1) is 0 Å². The van der Waals surface area contributed by atoms with Gasteiger partial charge in [-0.2, -0.15) is 5.10 Å². The summed E-state index contributed by atoms with van der Waals surface area (Å²) in [4.78, 5) is 21.2. The van der Waals surface area contributed by atoms with Crippen LogP contribution in [0.2, 0.25) is 0 Å². The number of rotatable bonds is 3. The molecule has 1 saturated heterocycles. The lowest BCUT2D eigenvalue weighted by molar-refractivity contribution is 0.132. The molecule has 0 saturated carbocycles. The van der Waals surface area contributed by atoms with Gasteiger partial charge in [0.25, 0.3) is 0 Å². The molecule has 116 valence electrons. The number of hydrogen-bond acceptors (Lipinski definition) is 5. The van der Waals surface area contributed by atoms with Gasteiger partial charge in [0.1, 0.15) is 0 Å². The van der Waals surface area contributed by atoms with E-state index in [0.717, 1.165) is 24.2 Å². The fraction of sp³-hybridized carbons (Fsp3) is 0.429. The summed E-state index contributed by atoms with van der Waals surface area (Å²) in [6.45, 7) is 1.04. The first-order valence-corrected chi connectivity index (χ1v) is 7.19. The van der Waals surface area contributed by atoms with Crippen LogP contribution in [0, 0.1) is 0 Å². The molecule has 8 nitrogen and oxygen atoms in total. The van der Waals surface area contributed by atoms with Crippen molar-refractivity contribution in [2.75, 3.05) is 18.4 Å². The highest BCUT2D eigenvalue weighted by Gasteiger charge is 2.23. The van der Waals surface area contributed by atoms with E-state index in [4.69, 9.17) is 5.11 Å². The summed E-state index contributed by atoms with van der Waals surface area (Å²) in [6, 6.07) is 3.75. The third kappa shape index (κ3) is 3.00. The van der Waals surface area contributed by atoms with Gasteiger partial charge in [0.15, 0.2) is 0 Å². The number of likely N-dealkylation sites (tertiary alicyclic amines) is 1. The van der Waals surface area contributed by atoms with E-state index in [-0.39, 0.29) is 6.04 Å². The van der Waals surface area contributed by atoms with Crippen LogP contribution in [-0.2, 0) is 7.05 Å². The van der Waals surface area contributed by atoms with Crippen molar-refractivity contribution in [2.45, 2.75) is 18.9 Å². The standard InChI is InChI=1S/C14H18N6O2/c1-19-12(5-7-16-19)11-4-6-15-13(18-11)17-10-3-2-8-20(9-10)14(21)22/h4-7,10H,2-3,8-9H2,1H3,(H,21,22)(H,15,17,18)/t10-/m1/s1. The van der Waals surface area contributed by atoms with Crippen molar-refractivity contribution >= 4 is 12.0 Å². The highest BCUT2D eigenvalue weighted by atomic mass is 16.4. The van der Waals surface area contributed by atoms with Crippen molar-refractivity contribution in [1.82, 2.24) is 24.6 Å². The quantitative estimate of drug-likeness (QED) is 0.890. The number of hydrogen-bond donors (Lipinski definition) is 2. The zero-order valence-corrected chi connectivity index (χ0v) is 12.3. The summed E-state index contributed by atoms with van der Waals surface area (Å²) in [5, 5.41) is 16.4. The number of amides is 1. The number of piperidine rings is 1. The van der Waals surface area contributed by atoms with E-state index in [9.17, 15) is 4.79 Å². The second-order valence-corrected chi connectivity index (χ2v) is 5.32. The Labute approximate surface area is 127 Å². The molecular weight excluding hydrogens is 284 g/mol. The summed E-state index contributed by atoms with van der Waals surface area (Å²) in [5.74, 6) is 0.510. The van der Waals surface area contributed by atoms with Crippen molar-refractivity contribution in [3.05, 3.63) is 24.5 Å². The number of carboxylic acid groups (broad SMARTS) is 1. The third-order valence-electron chi connectivity index (χ3n) is 3.76. The fourth-order valence-electron chi connectivity index (χ4n) is 2.65. The van der Waals surface area contributed by atoms with Crippen molar-refractivity contribution in [2.24, 2.45) is 7.05 Å². The lowest BCUT2D eigenvalue weighted by Gasteiger charge is -2.31. The highest BCUT2D eigenvalue weighted by Crippen LogP contribution is 2.18. The molecule has 3 heterocycles. The van der Waals surface area contributed by atoms with E-state index in [1.54, 1.807) is 17.1 Å². The first-order valence-electron chi connectivity index (χ1n) is 7.19. The van der Waals surface area contributed by atoms with Crippen LogP contribution in [0.1, 0.15) is 12.8 Å². The Hall–Kier alpha value is -2.64. The van der Waals surface area contributed by atoms with Gasteiger partial charge in [0.2, 0.25) is 5.95 Å². The monoisotopic (exact) mass is 302 g/mol. The largest absolute Gasteiger partial charge is 0.465 e. The number of aromatic nitrogens is 4. The van der Waals surface area contributed by atoms with Crippen molar-refractivity contribution in [3.63, 3.8) is 0 Å². The van der Waals surface area contributed by atoms with Crippen LogP contribution in [0.5, 0.6) is 0 Å². The van der Waals surface area contributed by atoms with Gasteiger partial charge in [-0.3, -0.25) is 4.68 Å². The summed E-state index contributed by atoms with van der Waals surface area (Å²) in [7, 11) is 1.86.